The van der Waals surface area contributed by atoms with Gasteiger partial charge >= 0.3 is 0 Å². The molecular weight excluding hydrogens is 170 g/mol. The van der Waals surface area contributed by atoms with Crippen LogP contribution >= 0.6 is 11.6 Å². The minimum atomic E-state index is -0.887. The number of rotatable bonds is 1. The van der Waals surface area contributed by atoms with E-state index in [4.69, 9.17) is 11.6 Å². The van der Waals surface area contributed by atoms with Gasteiger partial charge in [-0.1, -0.05) is 23.7 Å². The molecule has 0 N–H and O–H groups in total. The third-order valence-electron chi connectivity index (χ3n) is 1.22. The van der Waals surface area contributed by atoms with Crippen molar-refractivity contribution < 1.29 is 8.78 Å². The number of benzene rings is 1. The molecular formula is C8H5ClF2. The van der Waals surface area contributed by atoms with Crippen LogP contribution in [0.15, 0.2) is 30.6 Å². The highest BCUT2D eigenvalue weighted by Crippen LogP contribution is 2.18. The first-order valence-corrected chi connectivity index (χ1v) is 3.33. The Morgan fingerprint density at radius 2 is 1.82 bits per heavy atom. The van der Waals surface area contributed by atoms with Crippen molar-refractivity contribution in [1.29, 1.82) is 0 Å². The Hall–Kier alpha value is -0.890. The zero-order chi connectivity index (χ0) is 8.27. The molecule has 0 aliphatic heterocycles. The van der Waals surface area contributed by atoms with E-state index in [0.717, 1.165) is 0 Å². The van der Waals surface area contributed by atoms with Crippen molar-refractivity contribution >= 4 is 17.4 Å². The van der Waals surface area contributed by atoms with Crippen LogP contribution in [-0.4, -0.2) is 0 Å². The zero-order valence-electron chi connectivity index (χ0n) is 5.52. The molecule has 58 valence electrons. The summed E-state index contributed by atoms with van der Waals surface area (Å²) in [6, 6.07) is 5.82. The molecule has 0 saturated carbocycles. The number of hydrogen-bond donors (Lipinski definition) is 0. The molecule has 0 fully saturated rings. The number of halogens is 3. The molecule has 11 heavy (non-hydrogen) atoms. The van der Waals surface area contributed by atoms with Gasteiger partial charge in [0, 0.05) is 10.6 Å². The van der Waals surface area contributed by atoms with Crippen LogP contribution < -0.4 is 0 Å². The summed E-state index contributed by atoms with van der Waals surface area (Å²) in [7, 11) is 0. The summed E-state index contributed by atoms with van der Waals surface area (Å²) in [5.41, 5.74) is 0.192. The lowest BCUT2D eigenvalue weighted by Gasteiger charge is -1.94. The van der Waals surface area contributed by atoms with E-state index in [2.05, 4.69) is 0 Å². The minimum Gasteiger partial charge on any atom is -0.212 e. The van der Waals surface area contributed by atoms with E-state index in [1.165, 1.54) is 24.3 Å². The van der Waals surface area contributed by atoms with Gasteiger partial charge in [0.15, 0.2) is 5.83 Å². The summed E-state index contributed by atoms with van der Waals surface area (Å²) >= 11 is 5.52. The summed E-state index contributed by atoms with van der Waals surface area (Å²) in [5.74, 6) is -0.887. The lowest BCUT2D eigenvalue weighted by molar-refractivity contribution is 0.671. The molecule has 0 aromatic heterocycles. The first kappa shape index (κ1) is 8.21. The molecule has 3 heteroatoms. The second-order valence-electron chi connectivity index (χ2n) is 1.96. The van der Waals surface area contributed by atoms with Crippen LogP contribution in [0.1, 0.15) is 5.56 Å². The van der Waals surface area contributed by atoms with Gasteiger partial charge in [-0.25, -0.2) is 8.78 Å². The van der Waals surface area contributed by atoms with Gasteiger partial charge in [-0.15, -0.1) is 0 Å². The Balaban J connectivity index is 2.99. The minimum absolute atomic E-state index is 0.0801. The first-order chi connectivity index (χ1) is 5.24. The van der Waals surface area contributed by atoms with Gasteiger partial charge in [-0.2, -0.15) is 0 Å². The molecule has 0 aliphatic rings. The second-order valence-corrected chi connectivity index (χ2v) is 2.40. The summed E-state index contributed by atoms with van der Waals surface area (Å²) in [4.78, 5) is 0. The molecule has 0 nitrogen and oxygen atoms in total. The van der Waals surface area contributed by atoms with Crippen molar-refractivity contribution in [3.8, 4) is 0 Å². The van der Waals surface area contributed by atoms with Crippen LogP contribution in [0.5, 0.6) is 0 Å². The molecule has 0 bridgehead atoms. The predicted molar refractivity (Wildman–Crippen MR) is 41.6 cm³/mol. The monoisotopic (exact) mass is 174 g/mol. The van der Waals surface area contributed by atoms with Crippen LogP contribution in [0.4, 0.5) is 8.78 Å². The summed E-state index contributed by atoms with van der Waals surface area (Å²) < 4.78 is 24.0. The molecule has 0 spiro atoms. The molecule has 1 aromatic carbocycles. The fourth-order valence-corrected chi connectivity index (χ4v) is 0.798. The van der Waals surface area contributed by atoms with Crippen LogP contribution in [0.25, 0.3) is 5.83 Å². The maximum atomic E-state index is 12.4. The lowest BCUT2D eigenvalue weighted by Crippen LogP contribution is -1.74. The third kappa shape index (κ3) is 2.02. The summed E-state index contributed by atoms with van der Waals surface area (Å²) in [6.07, 6.45) is -0.0801. The van der Waals surface area contributed by atoms with E-state index in [9.17, 15) is 8.78 Å². The van der Waals surface area contributed by atoms with E-state index in [0.29, 0.717) is 5.02 Å². The quantitative estimate of drug-likeness (QED) is 0.611. The van der Waals surface area contributed by atoms with Gasteiger partial charge in [0.2, 0.25) is 0 Å². The molecule has 0 amide bonds. The van der Waals surface area contributed by atoms with E-state index < -0.39 is 5.83 Å². The van der Waals surface area contributed by atoms with Crippen molar-refractivity contribution in [2.45, 2.75) is 0 Å². The third-order valence-corrected chi connectivity index (χ3v) is 1.47. The fraction of sp³-hybridized carbons (Fsp3) is 0. The lowest BCUT2D eigenvalue weighted by atomic mass is 10.2. The van der Waals surface area contributed by atoms with Crippen LogP contribution in [0.3, 0.4) is 0 Å². The highest BCUT2D eigenvalue weighted by Gasteiger charge is 1.98. The van der Waals surface area contributed by atoms with Gasteiger partial charge in [0.1, 0.15) is 6.33 Å². The Bertz CT molecular complexity index is 264. The SMILES string of the molecule is F/C=C(/F)c1ccc(Cl)cc1. The summed E-state index contributed by atoms with van der Waals surface area (Å²) in [6.45, 7) is 0. The molecule has 0 aliphatic carbocycles. The highest BCUT2D eigenvalue weighted by atomic mass is 35.5. The Morgan fingerprint density at radius 1 is 1.27 bits per heavy atom. The second kappa shape index (κ2) is 3.49. The topological polar surface area (TPSA) is 0 Å². The van der Waals surface area contributed by atoms with Crippen molar-refractivity contribution in [2.75, 3.05) is 0 Å². The molecule has 0 saturated heterocycles. The van der Waals surface area contributed by atoms with E-state index in [1.807, 2.05) is 0 Å². The average molecular weight is 175 g/mol. The van der Waals surface area contributed by atoms with Crippen molar-refractivity contribution in [1.82, 2.24) is 0 Å². The highest BCUT2D eigenvalue weighted by molar-refractivity contribution is 6.30. The first-order valence-electron chi connectivity index (χ1n) is 2.96. The Kier molecular flexibility index (Phi) is 2.60. The normalized spacial score (nSPS) is 11.7. The van der Waals surface area contributed by atoms with Gasteiger partial charge < -0.3 is 0 Å². The Labute approximate surface area is 68.1 Å². The molecule has 1 rings (SSSR count). The predicted octanol–water partition coefficient (Wildman–Crippen LogP) is 3.58. The Morgan fingerprint density at radius 3 is 2.27 bits per heavy atom. The average Bonchev–Trinajstić information content (AvgIpc) is 2.05. The molecule has 0 radical (unpaired) electrons. The van der Waals surface area contributed by atoms with E-state index in [1.54, 1.807) is 0 Å². The summed E-state index contributed by atoms with van der Waals surface area (Å²) in [5, 5.41) is 0.500. The van der Waals surface area contributed by atoms with Gasteiger partial charge in [-0.05, 0) is 12.1 Å². The van der Waals surface area contributed by atoms with Crippen molar-refractivity contribution in [3.63, 3.8) is 0 Å². The standard InChI is InChI=1S/C8H5ClF2/c9-7-3-1-6(2-4-7)8(11)5-10/h1-5H/b8-5+. The van der Waals surface area contributed by atoms with Gasteiger partial charge in [0.25, 0.3) is 0 Å². The smallest absolute Gasteiger partial charge is 0.158 e. The van der Waals surface area contributed by atoms with Gasteiger partial charge in [-0.3, -0.25) is 0 Å². The van der Waals surface area contributed by atoms with E-state index in [-0.39, 0.29) is 11.9 Å². The number of hydrogen-bond acceptors (Lipinski definition) is 0. The maximum absolute atomic E-state index is 12.4. The molecule has 1 aromatic rings. The van der Waals surface area contributed by atoms with Crippen LogP contribution in [-0.2, 0) is 0 Å². The largest absolute Gasteiger partial charge is 0.212 e. The van der Waals surface area contributed by atoms with Crippen molar-refractivity contribution in [3.05, 3.63) is 41.2 Å². The maximum Gasteiger partial charge on any atom is 0.158 e. The molecule has 0 unspecified atom stereocenters. The molecule has 0 heterocycles. The van der Waals surface area contributed by atoms with Crippen molar-refractivity contribution in [2.24, 2.45) is 0 Å². The fourth-order valence-electron chi connectivity index (χ4n) is 0.672. The van der Waals surface area contributed by atoms with Crippen LogP contribution in [0, 0.1) is 0 Å². The zero-order valence-corrected chi connectivity index (χ0v) is 6.28. The van der Waals surface area contributed by atoms with Crippen LogP contribution in [0.2, 0.25) is 5.02 Å². The van der Waals surface area contributed by atoms with Gasteiger partial charge in [0.05, 0.1) is 0 Å². The molecule has 0 atom stereocenters. The van der Waals surface area contributed by atoms with E-state index >= 15 is 0 Å².